The lowest BCUT2D eigenvalue weighted by atomic mass is 10.00. The van der Waals surface area contributed by atoms with Gasteiger partial charge in [-0.2, -0.15) is 0 Å². The van der Waals surface area contributed by atoms with Crippen molar-refractivity contribution < 1.29 is 80.2 Å². The molecular formula is C66H128O17P2. The number of phosphoric acid groups is 2. The summed E-state index contributed by atoms with van der Waals surface area (Å²) >= 11 is 0. The molecule has 0 aliphatic heterocycles. The van der Waals surface area contributed by atoms with E-state index in [1.165, 1.54) is 116 Å². The van der Waals surface area contributed by atoms with Crippen LogP contribution in [0.2, 0.25) is 0 Å². The molecule has 7 atom stereocenters. The summed E-state index contributed by atoms with van der Waals surface area (Å²) in [6.07, 6.45) is 36.5. The first-order valence-electron chi connectivity index (χ1n) is 34.3. The first-order chi connectivity index (χ1) is 40.7. The molecule has 85 heavy (non-hydrogen) atoms. The predicted octanol–water partition coefficient (Wildman–Crippen LogP) is 18.1. The van der Waals surface area contributed by atoms with E-state index in [2.05, 4.69) is 55.4 Å². The predicted molar refractivity (Wildman–Crippen MR) is 340 cm³/mol. The number of unbranched alkanes of at least 4 members (excludes halogenated alkanes) is 27. The third-order valence-electron chi connectivity index (χ3n) is 15.8. The summed E-state index contributed by atoms with van der Waals surface area (Å²) in [6.45, 7) is 13.9. The fourth-order valence-electron chi connectivity index (χ4n) is 9.72. The van der Waals surface area contributed by atoms with Gasteiger partial charge in [-0.05, 0) is 49.4 Å². The van der Waals surface area contributed by atoms with E-state index in [1.54, 1.807) is 0 Å². The van der Waals surface area contributed by atoms with Crippen LogP contribution in [0.3, 0.4) is 0 Å². The Kier molecular flexibility index (Phi) is 54.8. The zero-order valence-electron chi connectivity index (χ0n) is 55.2. The van der Waals surface area contributed by atoms with Gasteiger partial charge in [-0.25, -0.2) is 9.13 Å². The first kappa shape index (κ1) is 83.1. The number of hydrogen-bond donors (Lipinski definition) is 3. The van der Waals surface area contributed by atoms with Crippen LogP contribution in [0.1, 0.15) is 319 Å². The van der Waals surface area contributed by atoms with Crippen molar-refractivity contribution in [1.82, 2.24) is 0 Å². The van der Waals surface area contributed by atoms with E-state index in [0.717, 1.165) is 114 Å². The van der Waals surface area contributed by atoms with Crippen LogP contribution in [0.15, 0.2) is 0 Å². The van der Waals surface area contributed by atoms with E-state index >= 15 is 0 Å². The molecule has 0 radical (unpaired) electrons. The van der Waals surface area contributed by atoms with Crippen LogP contribution < -0.4 is 0 Å². The van der Waals surface area contributed by atoms with Crippen LogP contribution in [-0.2, 0) is 65.4 Å². The highest BCUT2D eigenvalue weighted by Crippen LogP contribution is 2.45. The number of carbonyl (C=O) groups excluding carboxylic acids is 4. The molecule has 19 heteroatoms. The number of aliphatic hydroxyl groups excluding tert-OH is 1. The summed E-state index contributed by atoms with van der Waals surface area (Å²) in [5.74, 6) is 0.769. The third kappa shape index (κ3) is 58.2. The molecular weight excluding hydrogens is 1130 g/mol. The highest BCUT2D eigenvalue weighted by atomic mass is 31.2. The SMILES string of the molecule is CCC(C)CCCCCCCCC(=O)OC[C@H](COP(=O)(O)OC[C@H](O)COP(=O)(O)OC[C@@H](COC(=O)CCCCCCCCCCCCCCCC(C)C)OC(=O)CCCCCCCCC(C)CC)OC(=O)CCCCCCCCC(C)C. The molecule has 0 spiro atoms. The zero-order chi connectivity index (χ0) is 63.2. The Morgan fingerprint density at radius 1 is 0.329 bits per heavy atom. The Bertz CT molecular complexity index is 1700. The summed E-state index contributed by atoms with van der Waals surface area (Å²) in [7, 11) is -9.89. The Hall–Kier alpha value is -1.94. The first-order valence-corrected chi connectivity index (χ1v) is 37.3. The van der Waals surface area contributed by atoms with Crippen molar-refractivity contribution in [1.29, 1.82) is 0 Å². The second-order valence-corrected chi connectivity index (χ2v) is 28.2. The van der Waals surface area contributed by atoms with Crippen LogP contribution in [0.5, 0.6) is 0 Å². The highest BCUT2D eigenvalue weighted by Gasteiger charge is 2.30. The molecule has 0 saturated carbocycles. The maximum Gasteiger partial charge on any atom is 0.472 e. The summed E-state index contributed by atoms with van der Waals surface area (Å²) in [5, 5.41) is 10.5. The largest absolute Gasteiger partial charge is 0.472 e. The molecule has 0 fully saturated rings. The molecule has 0 aliphatic rings. The molecule has 0 aromatic rings. The summed E-state index contributed by atoms with van der Waals surface area (Å²) < 4.78 is 68.0. The van der Waals surface area contributed by atoms with Gasteiger partial charge in [0.15, 0.2) is 12.2 Å². The third-order valence-corrected chi connectivity index (χ3v) is 17.7. The number of ether oxygens (including phenoxy) is 4. The van der Waals surface area contributed by atoms with Crippen molar-refractivity contribution in [3.8, 4) is 0 Å². The quantitative estimate of drug-likeness (QED) is 0.0222. The maximum absolute atomic E-state index is 13.0. The van der Waals surface area contributed by atoms with E-state index in [0.29, 0.717) is 31.6 Å². The van der Waals surface area contributed by atoms with Gasteiger partial charge in [-0.3, -0.25) is 37.3 Å². The van der Waals surface area contributed by atoms with Crippen LogP contribution in [0.4, 0.5) is 0 Å². The highest BCUT2D eigenvalue weighted by molar-refractivity contribution is 7.47. The average Bonchev–Trinajstić information content (AvgIpc) is 3.63. The minimum atomic E-state index is -4.95. The van der Waals surface area contributed by atoms with Gasteiger partial charge >= 0.3 is 39.5 Å². The lowest BCUT2D eigenvalue weighted by Crippen LogP contribution is -2.30. The standard InChI is InChI=1S/C66H128O17P2/c1-9-58(7)44-36-28-21-24-31-39-47-64(69)77-53-62(82-65(70)48-40-32-23-20-27-35-43-57(5)6)55-81-85(74,75)79-51-60(67)50-78-84(72,73)80-54-61(83-66(71)49-41-33-25-22-29-37-45-59(8)10-2)52-76-63(68)46-38-30-19-17-15-13-11-12-14-16-18-26-34-42-56(3)4/h56-62,67H,9-55H2,1-8H3,(H,72,73)(H,74,75)/t58?,59?,60-,61-,62-/m1/s1. The number of esters is 4. The Morgan fingerprint density at radius 2 is 0.565 bits per heavy atom. The second-order valence-electron chi connectivity index (χ2n) is 25.3. The van der Waals surface area contributed by atoms with Crippen molar-refractivity contribution in [2.24, 2.45) is 23.7 Å². The van der Waals surface area contributed by atoms with E-state index < -0.39 is 97.5 Å². The molecule has 0 aliphatic carbocycles. The van der Waals surface area contributed by atoms with Crippen molar-refractivity contribution >= 4 is 39.5 Å². The van der Waals surface area contributed by atoms with E-state index in [-0.39, 0.29) is 25.7 Å². The van der Waals surface area contributed by atoms with Crippen LogP contribution >= 0.6 is 15.6 Å². The normalized spacial score (nSPS) is 15.0. The van der Waals surface area contributed by atoms with Gasteiger partial charge in [-0.15, -0.1) is 0 Å². The van der Waals surface area contributed by atoms with Gasteiger partial charge in [-0.1, -0.05) is 267 Å². The molecule has 4 unspecified atom stereocenters. The molecule has 0 amide bonds. The van der Waals surface area contributed by atoms with Gasteiger partial charge in [0.1, 0.15) is 19.3 Å². The van der Waals surface area contributed by atoms with Gasteiger partial charge in [0.05, 0.1) is 26.4 Å². The number of rotatable bonds is 63. The van der Waals surface area contributed by atoms with Crippen LogP contribution in [0, 0.1) is 23.7 Å². The second kappa shape index (κ2) is 56.1. The number of hydrogen-bond acceptors (Lipinski definition) is 15. The zero-order valence-corrected chi connectivity index (χ0v) is 57.0. The topological polar surface area (TPSA) is 237 Å². The molecule has 0 aromatic heterocycles. The minimum absolute atomic E-state index is 0.101. The fraction of sp³-hybridized carbons (Fsp3) is 0.939. The van der Waals surface area contributed by atoms with Crippen molar-refractivity contribution in [2.45, 2.75) is 337 Å². The number of carbonyl (C=O) groups is 4. The monoisotopic (exact) mass is 1250 g/mol. The van der Waals surface area contributed by atoms with E-state index in [1.807, 2.05) is 0 Å². The lowest BCUT2D eigenvalue weighted by molar-refractivity contribution is -0.161. The van der Waals surface area contributed by atoms with Crippen LogP contribution in [-0.4, -0.2) is 96.7 Å². The number of aliphatic hydroxyl groups is 1. The molecule has 3 N–H and O–H groups in total. The Morgan fingerprint density at radius 3 is 0.835 bits per heavy atom. The molecule has 0 aromatic carbocycles. The summed E-state index contributed by atoms with van der Waals surface area (Å²) in [6, 6.07) is 0. The molecule has 0 rings (SSSR count). The van der Waals surface area contributed by atoms with Gasteiger partial charge in [0, 0.05) is 25.7 Å². The molecule has 0 bridgehead atoms. The van der Waals surface area contributed by atoms with Crippen LogP contribution in [0.25, 0.3) is 0 Å². The van der Waals surface area contributed by atoms with Crippen molar-refractivity contribution in [2.75, 3.05) is 39.6 Å². The summed E-state index contributed by atoms with van der Waals surface area (Å²) in [4.78, 5) is 72.3. The Balaban J connectivity index is 5.21. The van der Waals surface area contributed by atoms with E-state index in [9.17, 15) is 43.2 Å². The average molecular weight is 1260 g/mol. The minimum Gasteiger partial charge on any atom is -0.462 e. The Labute approximate surface area is 517 Å². The molecule has 504 valence electrons. The lowest BCUT2D eigenvalue weighted by Gasteiger charge is -2.21. The maximum atomic E-state index is 13.0. The number of phosphoric ester groups is 2. The van der Waals surface area contributed by atoms with Crippen molar-refractivity contribution in [3.63, 3.8) is 0 Å². The molecule has 0 saturated heterocycles. The van der Waals surface area contributed by atoms with Gasteiger partial charge in [0.2, 0.25) is 0 Å². The summed E-state index contributed by atoms with van der Waals surface area (Å²) in [5.41, 5.74) is 0. The van der Waals surface area contributed by atoms with Gasteiger partial charge in [0.25, 0.3) is 0 Å². The molecule has 0 heterocycles. The smallest absolute Gasteiger partial charge is 0.462 e. The molecule has 17 nitrogen and oxygen atoms in total. The fourth-order valence-corrected chi connectivity index (χ4v) is 11.3. The van der Waals surface area contributed by atoms with Crippen molar-refractivity contribution in [3.05, 3.63) is 0 Å². The van der Waals surface area contributed by atoms with Gasteiger partial charge < -0.3 is 33.8 Å². The van der Waals surface area contributed by atoms with E-state index in [4.69, 9.17) is 37.0 Å².